The molecular weight excluding hydrogens is 269 g/mol. The van der Waals surface area contributed by atoms with Crippen molar-refractivity contribution in [3.63, 3.8) is 0 Å². The summed E-state index contributed by atoms with van der Waals surface area (Å²) >= 11 is 0. The van der Waals surface area contributed by atoms with Crippen LogP contribution in [-0.4, -0.2) is 17.6 Å². The van der Waals surface area contributed by atoms with Crippen LogP contribution in [0.2, 0.25) is 0 Å². The number of amidine groups is 1. The van der Waals surface area contributed by atoms with Crippen LogP contribution < -0.4 is 11.1 Å². The Morgan fingerprint density at radius 1 is 1.38 bits per heavy atom. The summed E-state index contributed by atoms with van der Waals surface area (Å²) in [7, 11) is 0. The van der Waals surface area contributed by atoms with Gasteiger partial charge in [-0.1, -0.05) is 24.9 Å². The zero-order chi connectivity index (χ0) is 15.3. The van der Waals surface area contributed by atoms with Gasteiger partial charge in [-0.3, -0.25) is 0 Å². The van der Waals surface area contributed by atoms with Crippen LogP contribution in [0.1, 0.15) is 50.2 Å². The van der Waals surface area contributed by atoms with Crippen molar-refractivity contribution in [2.24, 2.45) is 16.3 Å². The van der Waals surface area contributed by atoms with E-state index in [1.165, 1.54) is 44.2 Å². The Balaban J connectivity index is 1.98. The SMILES string of the molecule is CCC1(CNCc2cc(F)cc(/C(N)=N/O)c2)CCCC1. The number of benzene rings is 1. The predicted molar refractivity (Wildman–Crippen MR) is 81.8 cm³/mol. The highest BCUT2D eigenvalue weighted by Gasteiger charge is 2.31. The summed E-state index contributed by atoms with van der Waals surface area (Å²) in [5.41, 5.74) is 7.13. The summed E-state index contributed by atoms with van der Waals surface area (Å²) in [4.78, 5) is 0. The van der Waals surface area contributed by atoms with Crippen LogP contribution in [0.3, 0.4) is 0 Å². The molecule has 116 valence electrons. The quantitative estimate of drug-likeness (QED) is 0.327. The second-order valence-electron chi connectivity index (χ2n) is 6.00. The minimum atomic E-state index is -0.373. The Morgan fingerprint density at radius 2 is 2.10 bits per heavy atom. The molecule has 0 bridgehead atoms. The minimum Gasteiger partial charge on any atom is -0.409 e. The van der Waals surface area contributed by atoms with Gasteiger partial charge in [0.1, 0.15) is 5.82 Å². The molecule has 1 aliphatic rings. The fourth-order valence-corrected chi connectivity index (χ4v) is 3.21. The Morgan fingerprint density at radius 3 is 2.71 bits per heavy atom. The molecule has 1 aromatic rings. The molecule has 1 fully saturated rings. The normalized spacial score (nSPS) is 18.1. The van der Waals surface area contributed by atoms with Gasteiger partial charge in [0.2, 0.25) is 0 Å². The van der Waals surface area contributed by atoms with Crippen molar-refractivity contribution in [3.8, 4) is 0 Å². The van der Waals surface area contributed by atoms with E-state index in [1.54, 1.807) is 6.07 Å². The number of hydrogen-bond acceptors (Lipinski definition) is 3. The van der Waals surface area contributed by atoms with Crippen LogP contribution in [-0.2, 0) is 6.54 Å². The van der Waals surface area contributed by atoms with Crippen LogP contribution in [0.5, 0.6) is 0 Å². The van der Waals surface area contributed by atoms with Crippen molar-refractivity contribution in [1.82, 2.24) is 5.32 Å². The third kappa shape index (κ3) is 3.94. The van der Waals surface area contributed by atoms with Gasteiger partial charge in [-0.2, -0.15) is 0 Å². The maximum atomic E-state index is 13.6. The first kappa shape index (κ1) is 15.8. The Hall–Kier alpha value is -1.62. The highest BCUT2D eigenvalue weighted by Crippen LogP contribution is 2.40. The average Bonchev–Trinajstić information content (AvgIpc) is 2.95. The first-order chi connectivity index (χ1) is 10.1. The Bertz CT molecular complexity index is 510. The average molecular weight is 293 g/mol. The lowest BCUT2D eigenvalue weighted by atomic mass is 9.83. The van der Waals surface area contributed by atoms with Gasteiger partial charge in [0.05, 0.1) is 0 Å². The smallest absolute Gasteiger partial charge is 0.170 e. The summed E-state index contributed by atoms with van der Waals surface area (Å²) in [5.74, 6) is -0.446. The molecule has 0 atom stereocenters. The minimum absolute atomic E-state index is 0.0726. The second-order valence-corrected chi connectivity index (χ2v) is 6.00. The largest absolute Gasteiger partial charge is 0.409 e. The van der Waals surface area contributed by atoms with Crippen LogP contribution >= 0.6 is 0 Å². The van der Waals surface area contributed by atoms with Crippen molar-refractivity contribution in [1.29, 1.82) is 0 Å². The molecule has 4 nitrogen and oxygen atoms in total. The summed E-state index contributed by atoms with van der Waals surface area (Å²) in [5, 5.41) is 15.0. The van der Waals surface area contributed by atoms with Gasteiger partial charge < -0.3 is 16.3 Å². The highest BCUT2D eigenvalue weighted by atomic mass is 19.1. The number of nitrogens with zero attached hydrogens (tertiary/aromatic N) is 1. The molecule has 0 heterocycles. The zero-order valence-electron chi connectivity index (χ0n) is 12.5. The molecule has 0 radical (unpaired) electrons. The lowest BCUT2D eigenvalue weighted by Gasteiger charge is -2.27. The predicted octanol–water partition coefficient (Wildman–Crippen LogP) is 2.98. The van der Waals surface area contributed by atoms with E-state index in [9.17, 15) is 4.39 Å². The van der Waals surface area contributed by atoms with Crippen LogP contribution in [0.4, 0.5) is 4.39 Å². The van der Waals surface area contributed by atoms with Crippen molar-refractivity contribution >= 4 is 5.84 Å². The fraction of sp³-hybridized carbons (Fsp3) is 0.562. The van der Waals surface area contributed by atoms with Gasteiger partial charge in [0, 0.05) is 18.7 Å². The van der Waals surface area contributed by atoms with E-state index >= 15 is 0 Å². The number of nitrogens with one attached hydrogen (secondary N) is 1. The molecule has 1 saturated carbocycles. The number of oxime groups is 1. The highest BCUT2D eigenvalue weighted by molar-refractivity contribution is 5.97. The molecule has 4 N–H and O–H groups in total. The van der Waals surface area contributed by atoms with E-state index in [-0.39, 0.29) is 11.7 Å². The van der Waals surface area contributed by atoms with Crippen LogP contribution in [0, 0.1) is 11.2 Å². The second kappa shape index (κ2) is 6.89. The first-order valence-corrected chi connectivity index (χ1v) is 7.57. The van der Waals surface area contributed by atoms with Gasteiger partial charge >= 0.3 is 0 Å². The standard InChI is InChI=1S/C16H24FN3O/c1-2-16(5-3-4-6-16)11-19-10-12-7-13(15(18)20-21)9-14(17)8-12/h7-9,19,21H,2-6,10-11H2,1H3,(H2,18,20). The molecular formula is C16H24FN3O. The summed E-state index contributed by atoms with van der Waals surface area (Å²) in [6.07, 6.45) is 6.34. The Labute approximate surface area is 125 Å². The number of rotatable bonds is 6. The summed E-state index contributed by atoms with van der Waals surface area (Å²) in [6.45, 7) is 3.79. The molecule has 21 heavy (non-hydrogen) atoms. The molecule has 0 unspecified atom stereocenters. The van der Waals surface area contributed by atoms with Crippen LogP contribution in [0.25, 0.3) is 0 Å². The van der Waals surface area contributed by atoms with Gasteiger partial charge in [0.15, 0.2) is 5.84 Å². The fourth-order valence-electron chi connectivity index (χ4n) is 3.21. The maximum Gasteiger partial charge on any atom is 0.170 e. The third-order valence-electron chi connectivity index (χ3n) is 4.60. The van der Waals surface area contributed by atoms with Gasteiger partial charge in [-0.25, -0.2) is 4.39 Å². The topological polar surface area (TPSA) is 70.6 Å². The van der Waals surface area contributed by atoms with Crippen molar-refractivity contribution in [3.05, 3.63) is 35.1 Å². The van der Waals surface area contributed by atoms with Gasteiger partial charge in [-0.05, 0) is 48.4 Å². The van der Waals surface area contributed by atoms with Crippen molar-refractivity contribution in [2.45, 2.75) is 45.6 Å². The van der Waals surface area contributed by atoms with Gasteiger partial charge in [0.25, 0.3) is 0 Å². The Kier molecular flexibility index (Phi) is 5.17. The van der Waals surface area contributed by atoms with E-state index in [0.29, 0.717) is 17.5 Å². The summed E-state index contributed by atoms with van der Waals surface area (Å²) in [6, 6.07) is 4.50. The molecule has 0 aliphatic heterocycles. The number of nitrogens with two attached hydrogens (primary N) is 1. The molecule has 0 aromatic heterocycles. The molecule has 0 amide bonds. The first-order valence-electron chi connectivity index (χ1n) is 7.57. The lowest BCUT2D eigenvalue weighted by Crippen LogP contribution is -2.31. The van der Waals surface area contributed by atoms with Crippen molar-refractivity contribution < 1.29 is 9.60 Å². The monoisotopic (exact) mass is 293 g/mol. The molecule has 0 saturated heterocycles. The molecule has 1 aromatic carbocycles. The van der Waals surface area contributed by atoms with E-state index in [4.69, 9.17) is 10.9 Å². The van der Waals surface area contributed by atoms with E-state index in [2.05, 4.69) is 17.4 Å². The van der Waals surface area contributed by atoms with E-state index in [0.717, 1.165) is 12.1 Å². The zero-order valence-corrected chi connectivity index (χ0v) is 12.5. The molecule has 5 heteroatoms. The van der Waals surface area contributed by atoms with Gasteiger partial charge in [-0.15, -0.1) is 0 Å². The number of halogens is 1. The lowest BCUT2D eigenvalue weighted by molar-refractivity contribution is 0.268. The van der Waals surface area contributed by atoms with E-state index < -0.39 is 0 Å². The molecule has 1 aliphatic carbocycles. The third-order valence-corrected chi connectivity index (χ3v) is 4.60. The molecule has 2 rings (SSSR count). The van der Waals surface area contributed by atoms with Crippen molar-refractivity contribution in [2.75, 3.05) is 6.54 Å². The number of hydrogen-bond donors (Lipinski definition) is 3. The van der Waals surface area contributed by atoms with E-state index in [1.807, 2.05) is 0 Å². The molecule has 0 spiro atoms. The summed E-state index contributed by atoms with van der Waals surface area (Å²) < 4.78 is 13.6. The maximum absolute atomic E-state index is 13.6. The van der Waals surface area contributed by atoms with Crippen LogP contribution in [0.15, 0.2) is 23.4 Å².